The summed E-state index contributed by atoms with van der Waals surface area (Å²) in [5.41, 5.74) is 0.673. The van der Waals surface area contributed by atoms with E-state index in [9.17, 15) is 4.79 Å². The van der Waals surface area contributed by atoms with Crippen molar-refractivity contribution in [3.05, 3.63) is 54.6 Å². The van der Waals surface area contributed by atoms with Gasteiger partial charge in [-0.2, -0.15) is 0 Å². The summed E-state index contributed by atoms with van der Waals surface area (Å²) in [6.45, 7) is 5.56. The van der Waals surface area contributed by atoms with Gasteiger partial charge >= 0.3 is 0 Å². The summed E-state index contributed by atoms with van der Waals surface area (Å²) in [7, 11) is 0. The van der Waals surface area contributed by atoms with Crippen LogP contribution in [0.3, 0.4) is 0 Å². The fraction of sp³-hybridized carbons (Fsp3) is 0.214. The van der Waals surface area contributed by atoms with Gasteiger partial charge in [0.2, 0.25) is 0 Å². The molecule has 1 aromatic rings. The normalized spacial score (nSPS) is 14.7. The summed E-state index contributed by atoms with van der Waals surface area (Å²) >= 11 is 0. The van der Waals surface area contributed by atoms with Crippen LogP contribution in [0.5, 0.6) is 0 Å². The Morgan fingerprint density at radius 3 is 2.53 bits per heavy atom. The molecule has 1 nitrogen and oxygen atoms in total. The van der Waals surface area contributed by atoms with Crippen LogP contribution >= 0.6 is 0 Å². The van der Waals surface area contributed by atoms with Crippen molar-refractivity contribution < 1.29 is 4.79 Å². The van der Waals surface area contributed by atoms with E-state index in [0.717, 1.165) is 11.8 Å². The van der Waals surface area contributed by atoms with E-state index < -0.39 is 5.41 Å². The summed E-state index contributed by atoms with van der Waals surface area (Å²) in [6.07, 6.45) is 7.30. The fourth-order valence-corrected chi connectivity index (χ4v) is 1.32. The molecule has 15 heavy (non-hydrogen) atoms. The zero-order valence-electron chi connectivity index (χ0n) is 9.02. The second kappa shape index (κ2) is 5.30. The lowest BCUT2D eigenvalue weighted by molar-refractivity contribution is -0.113. The van der Waals surface area contributed by atoms with Crippen molar-refractivity contribution in [3.8, 4) is 0 Å². The Labute approximate surface area is 91.1 Å². The highest BCUT2D eigenvalue weighted by Gasteiger charge is 2.17. The van der Waals surface area contributed by atoms with Crippen LogP contribution in [0.25, 0.3) is 6.08 Å². The van der Waals surface area contributed by atoms with Crippen molar-refractivity contribution in [2.24, 2.45) is 5.41 Å². The quantitative estimate of drug-likeness (QED) is 0.525. The third-order valence-corrected chi connectivity index (χ3v) is 2.31. The van der Waals surface area contributed by atoms with Crippen LogP contribution < -0.4 is 0 Å². The number of carbonyl (C=O) groups excluding carboxylic acids is 1. The first-order chi connectivity index (χ1) is 7.20. The Hall–Kier alpha value is -1.63. The largest absolute Gasteiger partial charge is 0.302 e. The van der Waals surface area contributed by atoms with E-state index in [1.165, 1.54) is 0 Å². The highest BCUT2D eigenvalue weighted by atomic mass is 16.1. The molecule has 1 atom stereocenters. The van der Waals surface area contributed by atoms with Gasteiger partial charge in [0, 0.05) is 5.41 Å². The average Bonchev–Trinajstić information content (AvgIpc) is 2.28. The molecule has 0 aliphatic heterocycles. The van der Waals surface area contributed by atoms with Crippen molar-refractivity contribution in [3.63, 3.8) is 0 Å². The molecule has 0 saturated heterocycles. The molecule has 0 bridgehead atoms. The first-order valence-electron chi connectivity index (χ1n) is 5.02. The van der Waals surface area contributed by atoms with Gasteiger partial charge in [0.1, 0.15) is 6.29 Å². The van der Waals surface area contributed by atoms with Crippen LogP contribution in [0.15, 0.2) is 49.1 Å². The van der Waals surface area contributed by atoms with Crippen molar-refractivity contribution in [2.45, 2.75) is 13.3 Å². The molecular formula is C14H16O. The van der Waals surface area contributed by atoms with Crippen LogP contribution in [0.4, 0.5) is 0 Å². The van der Waals surface area contributed by atoms with E-state index in [-0.39, 0.29) is 0 Å². The number of hydrogen-bond acceptors (Lipinski definition) is 1. The van der Waals surface area contributed by atoms with Gasteiger partial charge in [0.15, 0.2) is 0 Å². The third-order valence-electron chi connectivity index (χ3n) is 2.31. The van der Waals surface area contributed by atoms with Crippen LogP contribution in [0.2, 0.25) is 0 Å². The van der Waals surface area contributed by atoms with Gasteiger partial charge in [-0.15, -0.1) is 6.58 Å². The minimum Gasteiger partial charge on any atom is -0.302 e. The summed E-state index contributed by atoms with van der Waals surface area (Å²) in [6, 6.07) is 9.95. The van der Waals surface area contributed by atoms with Gasteiger partial charge in [-0.3, -0.25) is 0 Å². The molecular weight excluding hydrogens is 184 g/mol. The molecule has 1 aromatic carbocycles. The standard InChI is InChI=1S/C14H16O/c1-3-10-14(2,12-15)11-9-13-7-5-4-6-8-13/h3-9,11-12H,1,10H2,2H3/b11-9+. The molecule has 0 spiro atoms. The van der Waals surface area contributed by atoms with Crippen molar-refractivity contribution in [1.82, 2.24) is 0 Å². The highest BCUT2D eigenvalue weighted by molar-refractivity contribution is 5.66. The predicted molar refractivity (Wildman–Crippen MR) is 64.5 cm³/mol. The molecule has 0 aliphatic carbocycles. The number of allylic oxidation sites excluding steroid dienone is 2. The van der Waals surface area contributed by atoms with Crippen molar-refractivity contribution in [2.75, 3.05) is 0 Å². The van der Waals surface area contributed by atoms with Gasteiger partial charge in [-0.25, -0.2) is 0 Å². The lowest BCUT2D eigenvalue weighted by atomic mass is 9.88. The molecule has 1 heteroatoms. The Kier molecular flexibility index (Phi) is 4.04. The van der Waals surface area contributed by atoms with E-state index in [1.54, 1.807) is 6.08 Å². The molecule has 0 aromatic heterocycles. The molecule has 78 valence electrons. The SMILES string of the molecule is C=CCC(C)(C=O)/C=C/c1ccccc1. The van der Waals surface area contributed by atoms with E-state index in [2.05, 4.69) is 6.58 Å². The molecule has 1 unspecified atom stereocenters. The summed E-state index contributed by atoms with van der Waals surface area (Å²) in [4.78, 5) is 10.9. The van der Waals surface area contributed by atoms with Gasteiger partial charge in [0.25, 0.3) is 0 Å². The maximum Gasteiger partial charge on any atom is 0.129 e. The van der Waals surface area contributed by atoms with Crippen LogP contribution in [0.1, 0.15) is 18.9 Å². The number of carbonyl (C=O) groups is 1. The van der Waals surface area contributed by atoms with Crippen molar-refractivity contribution in [1.29, 1.82) is 0 Å². The zero-order chi connectivity index (χ0) is 11.1. The maximum atomic E-state index is 10.9. The van der Waals surface area contributed by atoms with Gasteiger partial charge in [0.05, 0.1) is 0 Å². The molecule has 0 heterocycles. The summed E-state index contributed by atoms with van der Waals surface area (Å²) in [5, 5.41) is 0. The molecule has 0 saturated carbocycles. The van der Waals surface area contributed by atoms with Crippen molar-refractivity contribution >= 4 is 12.4 Å². The Bertz CT molecular complexity index is 351. The summed E-state index contributed by atoms with van der Waals surface area (Å²) in [5.74, 6) is 0. The number of benzene rings is 1. The minimum absolute atomic E-state index is 0.433. The second-order valence-electron chi connectivity index (χ2n) is 3.86. The summed E-state index contributed by atoms with van der Waals surface area (Å²) < 4.78 is 0. The molecule has 0 N–H and O–H groups in total. The van der Waals surface area contributed by atoms with Gasteiger partial charge in [-0.1, -0.05) is 48.6 Å². The fourth-order valence-electron chi connectivity index (χ4n) is 1.32. The Morgan fingerprint density at radius 2 is 2.00 bits per heavy atom. The predicted octanol–water partition coefficient (Wildman–Crippen LogP) is 3.48. The van der Waals surface area contributed by atoms with Crippen LogP contribution in [-0.2, 0) is 4.79 Å². The Morgan fingerprint density at radius 1 is 1.33 bits per heavy atom. The van der Waals surface area contributed by atoms with E-state index in [4.69, 9.17) is 0 Å². The topological polar surface area (TPSA) is 17.1 Å². The molecule has 0 fully saturated rings. The zero-order valence-corrected chi connectivity index (χ0v) is 9.02. The first-order valence-corrected chi connectivity index (χ1v) is 5.02. The van der Waals surface area contributed by atoms with Gasteiger partial charge < -0.3 is 4.79 Å². The van der Waals surface area contributed by atoms with E-state index >= 15 is 0 Å². The second-order valence-corrected chi connectivity index (χ2v) is 3.86. The number of aldehydes is 1. The first kappa shape index (κ1) is 11.4. The Balaban J connectivity index is 2.79. The molecule has 0 aliphatic rings. The smallest absolute Gasteiger partial charge is 0.129 e. The van der Waals surface area contributed by atoms with Gasteiger partial charge in [-0.05, 0) is 18.9 Å². The average molecular weight is 200 g/mol. The number of hydrogen-bond donors (Lipinski definition) is 0. The molecule has 1 rings (SSSR count). The minimum atomic E-state index is -0.433. The lowest BCUT2D eigenvalue weighted by Crippen LogP contribution is -2.13. The van der Waals surface area contributed by atoms with E-state index in [1.807, 2.05) is 49.4 Å². The maximum absolute atomic E-state index is 10.9. The lowest BCUT2D eigenvalue weighted by Gasteiger charge is -2.15. The highest BCUT2D eigenvalue weighted by Crippen LogP contribution is 2.21. The number of rotatable bonds is 5. The molecule has 0 amide bonds. The molecule has 0 radical (unpaired) electrons. The van der Waals surface area contributed by atoms with E-state index in [0.29, 0.717) is 6.42 Å². The van der Waals surface area contributed by atoms with Crippen LogP contribution in [-0.4, -0.2) is 6.29 Å². The third kappa shape index (κ3) is 3.55. The van der Waals surface area contributed by atoms with Crippen LogP contribution in [0, 0.1) is 5.41 Å². The monoisotopic (exact) mass is 200 g/mol.